The number of hydrogen-bond acceptors (Lipinski definition) is 3. The number of hydrogen-bond donors (Lipinski definition) is 2. The molecule has 5 heteroatoms. The molecule has 0 heterocycles. The van der Waals surface area contributed by atoms with Crippen LogP contribution in [0.25, 0.3) is 0 Å². The Bertz CT molecular complexity index is 449. The fourth-order valence-electron chi connectivity index (χ4n) is 1.79. The molecule has 0 aliphatic heterocycles. The number of benzene rings is 1. The maximum Gasteiger partial charge on any atom is 0.223 e. The van der Waals surface area contributed by atoms with Crippen LogP contribution in [0, 0.1) is 5.82 Å². The van der Waals surface area contributed by atoms with Crippen LogP contribution >= 0.6 is 0 Å². The first-order valence-corrected chi connectivity index (χ1v) is 6.83. The van der Waals surface area contributed by atoms with Crippen LogP contribution < -0.4 is 15.4 Å². The first-order chi connectivity index (χ1) is 9.43. The lowest BCUT2D eigenvalue weighted by molar-refractivity contribution is -0.122. The number of amides is 1. The van der Waals surface area contributed by atoms with Crippen molar-refractivity contribution in [3.63, 3.8) is 0 Å². The molecule has 0 saturated carbocycles. The largest absolute Gasteiger partial charge is 0.493 e. The van der Waals surface area contributed by atoms with Gasteiger partial charge in [0.05, 0.1) is 13.0 Å². The second-order valence-electron chi connectivity index (χ2n) is 5.01. The Balaban J connectivity index is 2.61. The fraction of sp³-hybridized carbons (Fsp3) is 0.533. The normalized spacial score (nSPS) is 12.3. The standard InChI is InChI=1S/C15H23FN2O2/c1-10(2)18-15(19)7-8-20-14-6-5-12(16)9-13(14)11(3)17-4/h5-6,9-11,17H,7-8H2,1-4H3,(H,18,19). The van der Waals surface area contributed by atoms with Gasteiger partial charge in [-0.05, 0) is 46.0 Å². The number of carbonyl (C=O) groups excluding carboxylic acids is 1. The molecule has 2 N–H and O–H groups in total. The molecule has 1 unspecified atom stereocenters. The lowest BCUT2D eigenvalue weighted by Gasteiger charge is -2.17. The van der Waals surface area contributed by atoms with Gasteiger partial charge in [-0.15, -0.1) is 0 Å². The van der Waals surface area contributed by atoms with Gasteiger partial charge < -0.3 is 15.4 Å². The molecule has 4 nitrogen and oxygen atoms in total. The van der Waals surface area contributed by atoms with Crippen LogP contribution in [0.15, 0.2) is 18.2 Å². The van der Waals surface area contributed by atoms with Crippen molar-refractivity contribution in [2.45, 2.75) is 39.3 Å². The first-order valence-electron chi connectivity index (χ1n) is 6.83. The van der Waals surface area contributed by atoms with E-state index in [0.29, 0.717) is 5.75 Å². The van der Waals surface area contributed by atoms with E-state index < -0.39 is 0 Å². The van der Waals surface area contributed by atoms with E-state index in [1.807, 2.05) is 20.8 Å². The molecule has 0 fully saturated rings. The molecule has 0 aliphatic rings. The average molecular weight is 282 g/mol. The monoisotopic (exact) mass is 282 g/mol. The van der Waals surface area contributed by atoms with Gasteiger partial charge in [-0.3, -0.25) is 4.79 Å². The van der Waals surface area contributed by atoms with Crippen LogP contribution in [0.5, 0.6) is 5.75 Å². The number of ether oxygens (including phenoxy) is 1. The van der Waals surface area contributed by atoms with Gasteiger partial charge in [0.15, 0.2) is 0 Å². The van der Waals surface area contributed by atoms with Crippen LogP contribution in [0.1, 0.15) is 38.8 Å². The second-order valence-corrected chi connectivity index (χ2v) is 5.01. The minimum atomic E-state index is -0.299. The SMILES string of the molecule is CNC(C)c1cc(F)ccc1OCCC(=O)NC(C)C. The Morgan fingerprint density at radius 2 is 2.05 bits per heavy atom. The Hall–Kier alpha value is -1.62. The van der Waals surface area contributed by atoms with E-state index in [9.17, 15) is 9.18 Å². The second kappa shape index (κ2) is 7.85. The molecule has 1 amide bonds. The van der Waals surface area contributed by atoms with E-state index in [0.717, 1.165) is 5.56 Å². The Labute approximate surface area is 119 Å². The lowest BCUT2D eigenvalue weighted by Crippen LogP contribution is -2.31. The molecular weight excluding hydrogens is 259 g/mol. The van der Waals surface area contributed by atoms with Crippen LogP contribution in [0.3, 0.4) is 0 Å². The smallest absolute Gasteiger partial charge is 0.223 e. The van der Waals surface area contributed by atoms with Gasteiger partial charge in [-0.2, -0.15) is 0 Å². The summed E-state index contributed by atoms with van der Waals surface area (Å²) in [5.41, 5.74) is 0.747. The first kappa shape index (κ1) is 16.4. The quantitative estimate of drug-likeness (QED) is 0.807. The van der Waals surface area contributed by atoms with E-state index in [1.165, 1.54) is 12.1 Å². The molecule has 0 aliphatic carbocycles. The third-order valence-corrected chi connectivity index (χ3v) is 2.91. The predicted octanol–water partition coefficient (Wildman–Crippen LogP) is 2.40. The maximum atomic E-state index is 13.3. The molecule has 0 spiro atoms. The highest BCUT2D eigenvalue weighted by Gasteiger charge is 2.12. The van der Waals surface area contributed by atoms with Crippen molar-refractivity contribution < 1.29 is 13.9 Å². The van der Waals surface area contributed by atoms with Gasteiger partial charge in [0.25, 0.3) is 0 Å². The Kier molecular flexibility index (Phi) is 6.45. The minimum absolute atomic E-state index is 0.0230. The Morgan fingerprint density at radius 1 is 1.35 bits per heavy atom. The number of nitrogens with one attached hydrogen (secondary N) is 2. The summed E-state index contributed by atoms with van der Waals surface area (Å²) in [6, 6.07) is 4.50. The fourth-order valence-corrected chi connectivity index (χ4v) is 1.79. The zero-order chi connectivity index (χ0) is 15.1. The molecule has 0 saturated heterocycles. The van der Waals surface area contributed by atoms with Gasteiger partial charge in [-0.1, -0.05) is 0 Å². The molecule has 112 valence electrons. The highest BCUT2D eigenvalue weighted by molar-refractivity contribution is 5.76. The summed E-state index contributed by atoms with van der Waals surface area (Å²) in [5, 5.41) is 5.84. The topological polar surface area (TPSA) is 50.4 Å². The van der Waals surface area contributed by atoms with Crippen molar-refractivity contribution in [3.8, 4) is 5.75 Å². The Morgan fingerprint density at radius 3 is 2.65 bits per heavy atom. The van der Waals surface area contributed by atoms with E-state index in [1.54, 1.807) is 13.1 Å². The van der Waals surface area contributed by atoms with Crippen molar-refractivity contribution in [1.29, 1.82) is 0 Å². The summed E-state index contributed by atoms with van der Waals surface area (Å²) in [6.07, 6.45) is 0.281. The van der Waals surface area contributed by atoms with Crippen LogP contribution in [0.2, 0.25) is 0 Å². The molecule has 0 bridgehead atoms. The zero-order valence-electron chi connectivity index (χ0n) is 12.5. The summed E-state index contributed by atoms with van der Waals surface area (Å²) >= 11 is 0. The van der Waals surface area contributed by atoms with Gasteiger partial charge in [-0.25, -0.2) is 4.39 Å². The summed E-state index contributed by atoms with van der Waals surface area (Å²) in [7, 11) is 1.80. The molecule has 1 atom stereocenters. The van der Waals surface area contributed by atoms with Crippen molar-refractivity contribution in [3.05, 3.63) is 29.6 Å². The van der Waals surface area contributed by atoms with E-state index in [2.05, 4.69) is 10.6 Å². The van der Waals surface area contributed by atoms with Gasteiger partial charge in [0.2, 0.25) is 5.91 Å². The third kappa shape index (κ3) is 5.17. The molecular formula is C15H23FN2O2. The average Bonchev–Trinajstić information content (AvgIpc) is 2.38. The van der Waals surface area contributed by atoms with Gasteiger partial charge in [0.1, 0.15) is 11.6 Å². The van der Waals surface area contributed by atoms with Crippen LogP contribution in [0.4, 0.5) is 4.39 Å². The summed E-state index contributed by atoms with van der Waals surface area (Å²) in [6.45, 7) is 6.01. The van der Waals surface area contributed by atoms with Crippen LogP contribution in [-0.2, 0) is 4.79 Å². The zero-order valence-corrected chi connectivity index (χ0v) is 12.5. The van der Waals surface area contributed by atoms with E-state index >= 15 is 0 Å². The highest BCUT2D eigenvalue weighted by Crippen LogP contribution is 2.25. The van der Waals surface area contributed by atoms with Gasteiger partial charge in [0, 0.05) is 17.6 Å². The lowest BCUT2D eigenvalue weighted by atomic mass is 10.1. The number of halogens is 1. The molecule has 1 aromatic rings. The van der Waals surface area contributed by atoms with E-state index in [-0.39, 0.29) is 36.8 Å². The molecule has 20 heavy (non-hydrogen) atoms. The van der Waals surface area contributed by atoms with Crippen molar-refractivity contribution >= 4 is 5.91 Å². The molecule has 1 rings (SSSR count). The third-order valence-electron chi connectivity index (χ3n) is 2.91. The van der Waals surface area contributed by atoms with Crippen molar-refractivity contribution in [1.82, 2.24) is 10.6 Å². The highest BCUT2D eigenvalue weighted by atomic mass is 19.1. The van der Waals surface area contributed by atoms with Crippen LogP contribution in [-0.4, -0.2) is 25.6 Å². The van der Waals surface area contributed by atoms with Crippen molar-refractivity contribution in [2.24, 2.45) is 0 Å². The molecule has 0 aromatic heterocycles. The predicted molar refractivity (Wildman–Crippen MR) is 77.3 cm³/mol. The summed E-state index contributed by atoms with van der Waals surface area (Å²) in [5.74, 6) is 0.253. The van der Waals surface area contributed by atoms with Crippen molar-refractivity contribution in [2.75, 3.05) is 13.7 Å². The number of carbonyl (C=O) groups is 1. The molecule has 1 aromatic carbocycles. The summed E-state index contributed by atoms with van der Waals surface area (Å²) < 4.78 is 18.9. The summed E-state index contributed by atoms with van der Waals surface area (Å²) in [4.78, 5) is 11.5. The number of rotatable bonds is 7. The van der Waals surface area contributed by atoms with E-state index in [4.69, 9.17) is 4.74 Å². The minimum Gasteiger partial charge on any atom is -0.493 e. The van der Waals surface area contributed by atoms with Gasteiger partial charge >= 0.3 is 0 Å². The maximum absolute atomic E-state index is 13.3. The molecule has 0 radical (unpaired) electrons.